The van der Waals surface area contributed by atoms with Crippen LogP contribution < -0.4 is 5.32 Å². The van der Waals surface area contributed by atoms with E-state index in [1.54, 1.807) is 10.9 Å². The molecular weight excluding hydrogens is 306 g/mol. The van der Waals surface area contributed by atoms with E-state index in [4.69, 9.17) is 4.42 Å². The maximum Gasteiger partial charge on any atom is 0.226 e. The van der Waals surface area contributed by atoms with Crippen molar-refractivity contribution in [2.45, 2.75) is 39.3 Å². The molecule has 0 aliphatic carbocycles. The Hall–Kier alpha value is -2.83. The van der Waals surface area contributed by atoms with Crippen LogP contribution in [0.3, 0.4) is 0 Å². The minimum absolute atomic E-state index is 0.00246. The molecule has 24 heavy (non-hydrogen) atoms. The summed E-state index contributed by atoms with van der Waals surface area (Å²) < 4.78 is 9.07. The number of hydrogen-bond donors (Lipinski definition) is 1. The Balaban J connectivity index is 1.73. The van der Waals surface area contributed by atoms with Gasteiger partial charge in [-0.3, -0.25) is 9.48 Å². The van der Waals surface area contributed by atoms with Crippen molar-refractivity contribution in [1.82, 2.24) is 19.6 Å². The highest BCUT2D eigenvalue weighted by Gasteiger charge is 2.32. The zero-order valence-corrected chi connectivity index (χ0v) is 13.7. The molecule has 0 unspecified atom stereocenters. The Morgan fingerprint density at radius 2 is 2.29 bits per heavy atom. The van der Waals surface area contributed by atoms with E-state index in [0.717, 1.165) is 34.9 Å². The van der Waals surface area contributed by atoms with Crippen LogP contribution in [0, 0.1) is 6.92 Å². The Labute approximate surface area is 139 Å². The summed E-state index contributed by atoms with van der Waals surface area (Å²) in [4.78, 5) is 12.2. The van der Waals surface area contributed by atoms with Gasteiger partial charge in [-0.1, -0.05) is 0 Å². The lowest BCUT2D eigenvalue weighted by Gasteiger charge is -2.23. The van der Waals surface area contributed by atoms with Crippen molar-refractivity contribution in [3.8, 4) is 0 Å². The number of furan rings is 1. The zero-order chi connectivity index (χ0) is 16.7. The molecule has 1 aliphatic rings. The third kappa shape index (κ3) is 2.42. The minimum Gasteiger partial charge on any atom is -0.467 e. The van der Waals surface area contributed by atoms with E-state index in [9.17, 15) is 4.79 Å². The summed E-state index contributed by atoms with van der Waals surface area (Å²) in [6.45, 7) is 5.34. The summed E-state index contributed by atoms with van der Waals surface area (Å²) in [7, 11) is 0. The van der Waals surface area contributed by atoms with Crippen molar-refractivity contribution >= 4 is 11.7 Å². The molecule has 0 fully saturated rings. The molecule has 0 radical (unpaired) electrons. The van der Waals surface area contributed by atoms with Crippen LogP contribution in [0.5, 0.6) is 0 Å². The summed E-state index contributed by atoms with van der Waals surface area (Å²) in [6.07, 6.45) is 5.92. The molecule has 4 heterocycles. The number of fused-ring (bicyclic) bond motifs is 1. The van der Waals surface area contributed by atoms with Gasteiger partial charge in [-0.15, -0.1) is 0 Å². The van der Waals surface area contributed by atoms with Crippen molar-refractivity contribution in [2.24, 2.45) is 0 Å². The van der Waals surface area contributed by atoms with Gasteiger partial charge in [-0.2, -0.15) is 10.2 Å². The summed E-state index contributed by atoms with van der Waals surface area (Å²) in [5, 5.41) is 11.9. The van der Waals surface area contributed by atoms with Gasteiger partial charge in [0.1, 0.15) is 18.1 Å². The molecule has 7 nitrogen and oxygen atoms in total. The van der Waals surface area contributed by atoms with Crippen LogP contribution in [0.4, 0.5) is 5.82 Å². The molecule has 1 atom stereocenters. The number of rotatable bonds is 4. The summed E-state index contributed by atoms with van der Waals surface area (Å²) >= 11 is 0. The number of aryl methyl sites for hydroxylation is 2. The molecule has 1 aliphatic heterocycles. The number of nitrogens with one attached hydrogen (secondary N) is 1. The van der Waals surface area contributed by atoms with Crippen molar-refractivity contribution in [1.29, 1.82) is 0 Å². The van der Waals surface area contributed by atoms with Crippen molar-refractivity contribution in [3.63, 3.8) is 0 Å². The van der Waals surface area contributed by atoms with Gasteiger partial charge in [0, 0.05) is 36.2 Å². The quantitative estimate of drug-likeness (QED) is 0.799. The second-order valence-electron chi connectivity index (χ2n) is 6.02. The molecule has 124 valence electrons. The monoisotopic (exact) mass is 325 g/mol. The number of aromatic nitrogens is 4. The van der Waals surface area contributed by atoms with Crippen LogP contribution >= 0.6 is 0 Å². The van der Waals surface area contributed by atoms with Crippen molar-refractivity contribution < 1.29 is 9.21 Å². The lowest BCUT2D eigenvalue weighted by Crippen LogP contribution is -2.25. The Morgan fingerprint density at radius 3 is 3.00 bits per heavy atom. The van der Waals surface area contributed by atoms with E-state index >= 15 is 0 Å². The van der Waals surface area contributed by atoms with Crippen LogP contribution in [-0.2, 0) is 17.9 Å². The first-order chi connectivity index (χ1) is 11.7. The lowest BCUT2D eigenvalue weighted by atomic mass is 9.88. The van der Waals surface area contributed by atoms with E-state index in [-0.39, 0.29) is 11.8 Å². The van der Waals surface area contributed by atoms with Crippen LogP contribution in [0.1, 0.15) is 41.8 Å². The fourth-order valence-electron chi connectivity index (χ4n) is 3.25. The standard InChI is InChI=1S/C17H19N5O2/c1-3-21-10-15(11(2)20-21)13-7-16(23)19-17-14(13)8-18-22(17)9-12-5-4-6-24-12/h4-6,8,10,13H,3,7,9H2,1-2H3,(H,19,23)/t13-/m0/s1. The lowest BCUT2D eigenvalue weighted by molar-refractivity contribution is -0.116. The molecule has 3 aromatic heterocycles. The second-order valence-corrected chi connectivity index (χ2v) is 6.02. The molecule has 0 saturated heterocycles. The highest BCUT2D eigenvalue weighted by atomic mass is 16.3. The predicted molar refractivity (Wildman–Crippen MR) is 87.8 cm³/mol. The highest BCUT2D eigenvalue weighted by molar-refractivity contribution is 5.94. The van der Waals surface area contributed by atoms with Gasteiger partial charge in [0.15, 0.2) is 0 Å². The number of nitrogens with zero attached hydrogens (tertiary/aromatic N) is 4. The molecule has 0 spiro atoms. The highest BCUT2D eigenvalue weighted by Crippen LogP contribution is 2.38. The van der Waals surface area contributed by atoms with Crippen molar-refractivity contribution in [3.05, 3.63) is 53.4 Å². The number of amides is 1. The van der Waals surface area contributed by atoms with Crippen LogP contribution in [0.2, 0.25) is 0 Å². The van der Waals surface area contributed by atoms with Gasteiger partial charge < -0.3 is 9.73 Å². The number of carbonyl (C=O) groups excluding carboxylic acids is 1. The average Bonchev–Trinajstić information content (AvgIpc) is 3.28. The largest absolute Gasteiger partial charge is 0.467 e. The smallest absolute Gasteiger partial charge is 0.226 e. The first-order valence-electron chi connectivity index (χ1n) is 8.07. The molecule has 1 N–H and O–H groups in total. The SMILES string of the molecule is CCn1cc([C@H]2CC(=O)Nc3c2cnn3Cc2ccco2)c(C)n1. The van der Waals surface area contributed by atoms with Crippen LogP contribution in [-0.4, -0.2) is 25.5 Å². The molecule has 4 rings (SSSR count). The topological polar surface area (TPSA) is 77.9 Å². The second kappa shape index (κ2) is 5.67. The number of hydrogen-bond acceptors (Lipinski definition) is 4. The molecule has 1 amide bonds. The van der Waals surface area contributed by atoms with Crippen molar-refractivity contribution in [2.75, 3.05) is 5.32 Å². The molecule has 7 heteroatoms. The van der Waals surface area contributed by atoms with Gasteiger partial charge >= 0.3 is 0 Å². The molecule has 0 saturated carbocycles. The normalized spacial score (nSPS) is 16.9. The van der Waals surface area contributed by atoms with E-state index in [0.29, 0.717) is 13.0 Å². The van der Waals surface area contributed by atoms with Gasteiger partial charge in [0.05, 0.1) is 18.2 Å². The Bertz CT molecular complexity index is 875. The molecule has 0 bridgehead atoms. The van der Waals surface area contributed by atoms with Gasteiger partial charge in [0.2, 0.25) is 5.91 Å². The zero-order valence-electron chi connectivity index (χ0n) is 13.7. The van der Waals surface area contributed by atoms with E-state index in [1.165, 1.54) is 0 Å². The Kier molecular flexibility index (Phi) is 3.48. The summed E-state index contributed by atoms with van der Waals surface area (Å²) in [6, 6.07) is 3.74. The molecule has 0 aromatic carbocycles. The molecular formula is C17H19N5O2. The summed E-state index contributed by atoms with van der Waals surface area (Å²) in [5.41, 5.74) is 3.08. The van der Waals surface area contributed by atoms with E-state index in [2.05, 4.69) is 22.4 Å². The third-order valence-corrected chi connectivity index (χ3v) is 4.46. The maximum absolute atomic E-state index is 12.2. The van der Waals surface area contributed by atoms with E-state index < -0.39 is 0 Å². The fraction of sp³-hybridized carbons (Fsp3) is 0.353. The number of anilines is 1. The Morgan fingerprint density at radius 1 is 1.42 bits per heavy atom. The number of carbonyl (C=O) groups is 1. The molecule has 3 aromatic rings. The average molecular weight is 325 g/mol. The predicted octanol–water partition coefficient (Wildman–Crippen LogP) is 2.52. The first-order valence-corrected chi connectivity index (χ1v) is 8.07. The van der Waals surface area contributed by atoms with Gasteiger partial charge in [-0.05, 0) is 26.0 Å². The fourth-order valence-corrected chi connectivity index (χ4v) is 3.25. The van der Waals surface area contributed by atoms with Gasteiger partial charge in [0.25, 0.3) is 0 Å². The maximum atomic E-state index is 12.2. The summed E-state index contributed by atoms with van der Waals surface area (Å²) in [5.74, 6) is 1.53. The van der Waals surface area contributed by atoms with Crippen LogP contribution in [0.25, 0.3) is 0 Å². The van der Waals surface area contributed by atoms with E-state index in [1.807, 2.05) is 36.1 Å². The first kappa shape index (κ1) is 14.7. The third-order valence-electron chi connectivity index (χ3n) is 4.46. The van der Waals surface area contributed by atoms with Gasteiger partial charge in [-0.25, -0.2) is 4.68 Å². The van der Waals surface area contributed by atoms with Crippen LogP contribution in [0.15, 0.2) is 35.2 Å². The minimum atomic E-state index is -0.0144.